The molecule has 0 N–H and O–H groups in total. The Morgan fingerprint density at radius 3 is 2.41 bits per heavy atom. The summed E-state index contributed by atoms with van der Waals surface area (Å²) in [5.41, 5.74) is 0.436. The molecule has 0 fully saturated rings. The third kappa shape index (κ3) is 5.01. The summed E-state index contributed by atoms with van der Waals surface area (Å²) >= 11 is 5.61. The smallest absolute Gasteiger partial charge is 0.0959 e. The Morgan fingerprint density at radius 1 is 1.24 bits per heavy atom. The number of rotatable bonds is 8. The van der Waals surface area contributed by atoms with E-state index in [1.54, 1.807) is 0 Å². The summed E-state index contributed by atoms with van der Waals surface area (Å²) in [7, 11) is 0. The first-order valence-electron chi connectivity index (χ1n) is 6.36. The molecule has 17 heavy (non-hydrogen) atoms. The zero-order valence-corrected chi connectivity index (χ0v) is 13.2. The highest BCUT2D eigenvalue weighted by Gasteiger charge is 2.27. The second kappa shape index (κ2) is 8.15. The average molecular weight is 316 g/mol. The molecule has 0 aliphatic heterocycles. The molecule has 0 radical (unpaired) electrons. The molecule has 1 aromatic heterocycles. The summed E-state index contributed by atoms with van der Waals surface area (Å²) in [4.78, 5) is 4.38. The van der Waals surface area contributed by atoms with Gasteiger partial charge in [-0.15, -0.1) is 11.8 Å². The maximum absolute atomic E-state index is 4.38. The maximum Gasteiger partial charge on any atom is 0.0959 e. The number of hydrogen-bond donors (Lipinski definition) is 0. The molecular weight excluding hydrogens is 294 g/mol. The number of alkyl halides is 1. The summed E-state index contributed by atoms with van der Waals surface area (Å²) in [6.07, 6.45) is 6.98. The van der Waals surface area contributed by atoms with Crippen LogP contribution in [0.3, 0.4) is 0 Å². The lowest BCUT2D eigenvalue weighted by atomic mass is 9.83. The van der Waals surface area contributed by atoms with Gasteiger partial charge in [-0.2, -0.15) is 0 Å². The first kappa shape index (κ1) is 15.0. The van der Waals surface area contributed by atoms with Crippen molar-refractivity contribution in [3.05, 3.63) is 24.4 Å². The van der Waals surface area contributed by atoms with E-state index in [2.05, 4.69) is 46.9 Å². The number of aromatic nitrogens is 1. The molecular formula is C14H22BrNS. The van der Waals surface area contributed by atoms with E-state index in [1.807, 2.05) is 24.0 Å². The Labute approximate surface area is 118 Å². The van der Waals surface area contributed by atoms with Crippen molar-refractivity contribution >= 4 is 27.7 Å². The number of nitrogens with zero attached hydrogens (tertiary/aromatic N) is 1. The van der Waals surface area contributed by atoms with E-state index < -0.39 is 0 Å². The van der Waals surface area contributed by atoms with Crippen molar-refractivity contribution in [3.63, 3.8) is 0 Å². The molecule has 96 valence electrons. The molecule has 0 unspecified atom stereocenters. The van der Waals surface area contributed by atoms with Gasteiger partial charge in [-0.3, -0.25) is 0 Å². The molecule has 1 nitrogen and oxygen atoms in total. The van der Waals surface area contributed by atoms with E-state index in [0.29, 0.717) is 5.41 Å². The summed E-state index contributed by atoms with van der Waals surface area (Å²) in [5.74, 6) is 1.16. The van der Waals surface area contributed by atoms with Crippen molar-refractivity contribution in [2.24, 2.45) is 5.41 Å². The Kier molecular flexibility index (Phi) is 7.21. The van der Waals surface area contributed by atoms with E-state index in [-0.39, 0.29) is 0 Å². The van der Waals surface area contributed by atoms with Crippen molar-refractivity contribution in [2.45, 2.75) is 44.6 Å². The molecule has 0 saturated heterocycles. The lowest BCUT2D eigenvalue weighted by Crippen LogP contribution is -2.25. The van der Waals surface area contributed by atoms with Crippen LogP contribution in [0.2, 0.25) is 0 Å². The molecule has 0 amide bonds. The standard InChI is InChI=1S/C14H22BrNS/c1-3-8-14(11-15,9-4-2)12-17-13-7-5-6-10-16-13/h5-7,10H,3-4,8-9,11-12H2,1-2H3. The van der Waals surface area contributed by atoms with Gasteiger partial charge in [0.05, 0.1) is 5.03 Å². The molecule has 1 aromatic rings. The van der Waals surface area contributed by atoms with E-state index in [4.69, 9.17) is 0 Å². The van der Waals surface area contributed by atoms with Gasteiger partial charge in [0.25, 0.3) is 0 Å². The van der Waals surface area contributed by atoms with E-state index in [0.717, 1.165) is 16.1 Å². The molecule has 0 saturated carbocycles. The molecule has 1 rings (SSSR count). The van der Waals surface area contributed by atoms with Crippen LogP contribution in [0.25, 0.3) is 0 Å². The highest BCUT2D eigenvalue weighted by Crippen LogP contribution is 2.37. The van der Waals surface area contributed by atoms with Gasteiger partial charge in [0.15, 0.2) is 0 Å². The molecule has 0 aliphatic carbocycles. The monoisotopic (exact) mass is 315 g/mol. The molecule has 0 aromatic carbocycles. The van der Waals surface area contributed by atoms with Gasteiger partial charge in [-0.05, 0) is 30.4 Å². The fourth-order valence-electron chi connectivity index (χ4n) is 2.16. The van der Waals surface area contributed by atoms with Crippen LogP contribution in [0.4, 0.5) is 0 Å². The van der Waals surface area contributed by atoms with Gasteiger partial charge in [0.2, 0.25) is 0 Å². The number of hydrogen-bond acceptors (Lipinski definition) is 2. The number of halogens is 1. The fraction of sp³-hybridized carbons (Fsp3) is 0.643. The molecule has 0 spiro atoms. The van der Waals surface area contributed by atoms with E-state index >= 15 is 0 Å². The number of thioether (sulfide) groups is 1. The normalized spacial score (nSPS) is 11.7. The fourth-order valence-corrected chi connectivity index (χ4v) is 4.34. The Balaban J connectivity index is 2.59. The second-order valence-corrected chi connectivity index (χ2v) is 6.15. The highest BCUT2D eigenvalue weighted by atomic mass is 79.9. The van der Waals surface area contributed by atoms with Gasteiger partial charge >= 0.3 is 0 Å². The summed E-state index contributed by atoms with van der Waals surface area (Å²) in [6.45, 7) is 4.55. The minimum absolute atomic E-state index is 0.436. The van der Waals surface area contributed by atoms with Crippen LogP contribution in [0.5, 0.6) is 0 Å². The molecule has 3 heteroatoms. The first-order valence-corrected chi connectivity index (χ1v) is 8.47. The van der Waals surface area contributed by atoms with Crippen LogP contribution < -0.4 is 0 Å². The van der Waals surface area contributed by atoms with Crippen LogP contribution in [0.1, 0.15) is 39.5 Å². The van der Waals surface area contributed by atoms with Crippen LogP contribution in [0.15, 0.2) is 29.4 Å². The molecule has 0 atom stereocenters. The Hall–Kier alpha value is -0.0200. The SMILES string of the molecule is CCCC(CBr)(CCC)CSc1ccccn1. The summed E-state index contributed by atoms with van der Waals surface area (Å²) < 4.78 is 0. The van der Waals surface area contributed by atoms with Crippen molar-refractivity contribution < 1.29 is 0 Å². The largest absolute Gasteiger partial charge is 0.250 e. The predicted octanol–water partition coefficient (Wildman–Crippen LogP) is 5.16. The second-order valence-electron chi connectivity index (χ2n) is 4.59. The summed E-state index contributed by atoms with van der Waals surface area (Å²) in [5, 5.41) is 2.24. The maximum atomic E-state index is 4.38. The minimum atomic E-state index is 0.436. The van der Waals surface area contributed by atoms with Gasteiger partial charge in [-0.25, -0.2) is 4.98 Å². The van der Waals surface area contributed by atoms with Gasteiger partial charge < -0.3 is 0 Å². The molecule has 0 aliphatic rings. The Bertz CT molecular complexity index is 296. The average Bonchev–Trinajstić information content (AvgIpc) is 2.38. The number of pyridine rings is 1. The lowest BCUT2D eigenvalue weighted by molar-refractivity contribution is 0.320. The first-order chi connectivity index (χ1) is 8.26. The van der Waals surface area contributed by atoms with E-state index in [1.165, 1.54) is 25.7 Å². The quantitative estimate of drug-likeness (QED) is 0.485. The van der Waals surface area contributed by atoms with Gasteiger partial charge in [0, 0.05) is 17.3 Å². The third-order valence-corrected chi connectivity index (χ3v) is 5.49. The summed E-state index contributed by atoms with van der Waals surface area (Å²) in [6, 6.07) is 6.13. The molecule has 0 bridgehead atoms. The van der Waals surface area contributed by atoms with Crippen molar-refractivity contribution in [2.75, 3.05) is 11.1 Å². The zero-order chi connectivity index (χ0) is 12.6. The Morgan fingerprint density at radius 2 is 1.94 bits per heavy atom. The van der Waals surface area contributed by atoms with Gasteiger partial charge in [-0.1, -0.05) is 48.7 Å². The lowest BCUT2D eigenvalue weighted by Gasteiger charge is -2.31. The van der Waals surface area contributed by atoms with Crippen molar-refractivity contribution in [1.82, 2.24) is 4.98 Å². The van der Waals surface area contributed by atoms with E-state index in [9.17, 15) is 0 Å². The van der Waals surface area contributed by atoms with Crippen LogP contribution >= 0.6 is 27.7 Å². The van der Waals surface area contributed by atoms with Crippen molar-refractivity contribution in [1.29, 1.82) is 0 Å². The highest BCUT2D eigenvalue weighted by molar-refractivity contribution is 9.09. The van der Waals surface area contributed by atoms with Crippen LogP contribution in [-0.4, -0.2) is 16.1 Å². The van der Waals surface area contributed by atoms with Gasteiger partial charge in [0.1, 0.15) is 0 Å². The third-order valence-electron chi connectivity index (χ3n) is 3.01. The zero-order valence-electron chi connectivity index (χ0n) is 10.8. The van der Waals surface area contributed by atoms with Crippen molar-refractivity contribution in [3.8, 4) is 0 Å². The minimum Gasteiger partial charge on any atom is -0.250 e. The molecule has 1 heterocycles. The topological polar surface area (TPSA) is 12.9 Å². The predicted molar refractivity (Wildman–Crippen MR) is 81.0 cm³/mol. The van der Waals surface area contributed by atoms with Crippen LogP contribution in [-0.2, 0) is 0 Å². The van der Waals surface area contributed by atoms with Crippen LogP contribution in [0, 0.1) is 5.41 Å².